The van der Waals surface area contributed by atoms with Crippen molar-refractivity contribution >= 4 is 40.9 Å². The van der Waals surface area contributed by atoms with Crippen molar-refractivity contribution in [1.29, 1.82) is 0 Å². The van der Waals surface area contributed by atoms with Crippen LogP contribution in [0.2, 0.25) is 5.02 Å². The van der Waals surface area contributed by atoms with Gasteiger partial charge in [-0.05, 0) is 54.3 Å². The maximum Gasteiger partial charge on any atom is 0.253 e. The molecule has 0 bridgehead atoms. The van der Waals surface area contributed by atoms with Gasteiger partial charge in [0.1, 0.15) is 5.37 Å². The molecular formula is C29H30ClN3O2S. The molecule has 5 rings (SSSR count). The van der Waals surface area contributed by atoms with Crippen LogP contribution < -0.4 is 4.90 Å². The summed E-state index contributed by atoms with van der Waals surface area (Å²) in [7, 11) is 0. The van der Waals surface area contributed by atoms with E-state index in [0.29, 0.717) is 31.0 Å². The van der Waals surface area contributed by atoms with Gasteiger partial charge < -0.3 is 14.7 Å². The van der Waals surface area contributed by atoms with Crippen LogP contribution in [0.25, 0.3) is 0 Å². The highest BCUT2D eigenvalue weighted by Gasteiger charge is 2.32. The monoisotopic (exact) mass is 519 g/mol. The minimum atomic E-state index is -0.00477. The van der Waals surface area contributed by atoms with Gasteiger partial charge in [0.2, 0.25) is 5.91 Å². The van der Waals surface area contributed by atoms with Gasteiger partial charge in [-0.25, -0.2) is 0 Å². The number of hydrogen-bond acceptors (Lipinski definition) is 4. The van der Waals surface area contributed by atoms with Gasteiger partial charge in [-0.2, -0.15) is 0 Å². The third-order valence-electron chi connectivity index (χ3n) is 6.97. The number of halogens is 1. The lowest BCUT2D eigenvalue weighted by atomic mass is 10.1. The Morgan fingerprint density at radius 3 is 2.42 bits per heavy atom. The summed E-state index contributed by atoms with van der Waals surface area (Å²) in [5.74, 6) is 0.727. The number of thioether (sulfide) groups is 1. The van der Waals surface area contributed by atoms with Gasteiger partial charge in [0, 0.05) is 49.0 Å². The van der Waals surface area contributed by atoms with Gasteiger partial charge in [-0.3, -0.25) is 9.59 Å². The number of rotatable bonds is 6. The highest BCUT2D eigenvalue weighted by Crippen LogP contribution is 2.38. The molecule has 3 aromatic rings. The summed E-state index contributed by atoms with van der Waals surface area (Å²) in [4.78, 5) is 31.9. The molecule has 0 unspecified atom stereocenters. The molecule has 0 N–H and O–H groups in total. The van der Waals surface area contributed by atoms with Gasteiger partial charge in [0.05, 0.1) is 5.75 Å². The number of anilines is 1. The Kier molecular flexibility index (Phi) is 7.54. The summed E-state index contributed by atoms with van der Waals surface area (Å²) in [6.45, 7) is 5.69. The van der Waals surface area contributed by atoms with Crippen molar-refractivity contribution in [1.82, 2.24) is 9.80 Å². The number of carbonyl (C=O) groups excluding carboxylic acids is 2. The Morgan fingerprint density at radius 1 is 0.972 bits per heavy atom. The number of nitrogens with zero attached hydrogens (tertiary/aromatic N) is 3. The summed E-state index contributed by atoms with van der Waals surface area (Å²) in [5, 5.41) is 0.727. The first-order valence-electron chi connectivity index (χ1n) is 12.3. The molecule has 2 saturated heterocycles. The lowest BCUT2D eigenvalue weighted by Crippen LogP contribution is -2.49. The molecule has 0 radical (unpaired) electrons. The van der Waals surface area contributed by atoms with E-state index in [-0.39, 0.29) is 17.2 Å². The topological polar surface area (TPSA) is 43.9 Å². The SMILES string of the molecule is Cc1ccc(Cl)cc1N1CCN(C(=O)c2ccc([C@H]3SCC(=O)N3CCc3ccccc3)cc2)CC1. The van der Waals surface area contributed by atoms with Crippen molar-refractivity contribution in [2.75, 3.05) is 43.4 Å². The van der Waals surface area contributed by atoms with E-state index in [1.54, 1.807) is 11.8 Å². The molecule has 0 spiro atoms. The van der Waals surface area contributed by atoms with Crippen LogP contribution in [0.1, 0.15) is 32.4 Å². The average Bonchev–Trinajstić information content (AvgIpc) is 3.29. The van der Waals surface area contributed by atoms with E-state index in [2.05, 4.69) is 24.0 Å². The molecule has 2 aliphatic rings. The molecular weight excluding hydrogens is 490 g/mol. The summed E-state index contributed by atoms with van der Waals surface area (Å²) >= 11 is 7.86. The van der Waals surface area contributed by atoms with E-state index >= 15 is 0 Å². The Morgan fingerprint density at radius 2 is 1.69 bits per heavy atom. The van der Waals surface area contributed by atoms with E-state index in [9.17, 15) is 9.59 Å². The summed E-state index contributed by atoms with van der Waals surface area (Å²) in [6.07, 6.45) is 0.834. The van der Waals surface area contributed by atoms with E-state index in [4.69, 9.17) is 11.6 Å². The van der Waals surface area contributed by atoms with Crippen LogP contribution in [0, 0.1) is 6.92 Å². The number of hydrogen-bond donors (Lipinski definition) is 0. The van der Waals surface area contributed by atoms with Crippen LogP contribution in [0.3, 0.4) is 0 Å². The molecule has 0 aliphatic carbocycles. The third-order valence-corrected chi connectivity index (χ3v) is 8.46. The zero-order chi connectivity index (χ0) is 25.1. The van der Waals surface area contributed by atoms with Crippen molar-refractivity contribution in [3.05, 3.63) is 100 Å². The fraction of sp³-hybridized carbons (Fsp3) is 0.310. The van der Waals surface area contributed by atoms with E-state index in [0.717, 1.165) is 35.8 Å². The number of piperazine rings is 1. The Hall–Kier alpha value is -2.96. The normalized spacial score (nSPS) is 18.1. The highest BCUT2D eigenvalue weighted by molar-refractivity contribution is 8.00. The second-order valence-electron chi connectivity index (χ2n) is 9.32. The molecule has 36 heavy (non-hydrogen) atoms. The lowest BCUT2D eigenvalue weighted by molar-refractivity contribution is -0.128. The fourth-order valence-electron chi connectivity index (χ4n) is 4.91. The lowest BCUT2D eigenvalue weighted by Gasteiger charge is -2.37. The van der Waals surface area contributed by atoms with Crippen molar-refractivity contribution in [2.24, 2.45) is 0 Å². The zero-order valence-corrected chi connectivity index (χ0v) is 22.0. The summed E-state index contributed by atoms with van der Waals surface area (Å²) in [5.41, 5.74) is 5.32. The fourth-order valence-corrected chi connectivity index (χ4v) is 6.30. The van der Waals surface area contributed by atoms with E-state index in [1.807, 2.05) is 70.5 Å². The summed E-state index contributed by atoms with van der Waals surface area (Å²) in [6, 6.07) is 24.0. The van der Waals surface area contributed by atoms with Crippen molar-refractivity contribution in [3.63, 3.8) is 0 Å². The van der Waals surface area contributed by atoms with E-state index < -0.39 is 0 Å². The average molecular weight is 520 g/mol. The molecule has 2 amide bonds. The molecule has 0 aromatic heterocycles. The Labute approximate surface area is 222 Å². The van der Waals surface area contributed by atoms with Crippen LogP contribution >= 0.6 is 23.4 Å². The minimum Gasteiger partial charge on any atom is -0.368 e. The van der Waals surface area contributed by atoms with Gasteiger partial charge in [0.15, 0.2) is 0 Å². The molecule has 2 aliphatic heterocycles. The Balaban J connectivity index is 1.20. The first-order chi connectivity index (χ1) is 17.5. The molecule has 2 fully saturated rings. The second kappa shape index (κ2) is 11.0. The second-order valence-corrected chi connectivity index (χ2v) is 10.8. The van der Waals surface area contributed by atoms with Gasteiger partial charge in [-0.15, -0.1) is 11.8 Å². The quantitative estimate of drug-likeness (QED) is 0.436. The number of carbonyl (C=O) groups is 2. The van der Waals surface area contributed by atoms with Crippen LogP contribution in [-0.2, 0) is 11.2 Å². The highest BCUT2D eigenvalue weighted by atomic mass is 35.5. The zero-order valence-electron chi connectivity index (χ0n) is 20.4. The largest absolute Gasteiger partial charge is 0.368 e. The van der Waals surface area contributed by atoms with Gasteiger partial charge in [0.25, 0.3) is 5.91 Å². The van der Waals surface area contributed by atoms with Crippen molar-refractivity contribution in [3.8, 4) is 0 Å². The molecule has 2 heterocycles. The van der Waals surface area contributed by atoms with Crippen LogP contribution in [0.15, 0.2) is 72.8 Å². The predicted molar refractivity (Wildman–Crippen MR) is 148 cm³/mol. The third kappa shape index (κ3) is 5.40. The van der Waals surface area contributed by atoms with Crippen molar-refractivity contribution in [2.45, 2.75) is 18.7 Å². The first-order valence-corrected chi connectivity index (χ1v) is 13.8. The van der Waals surface area contributed by atoms with Gasteiger partial charge >= 0.3 is 0 Å². The molecule has 186 valence electrons. The molecule has 5 nitrogen and oxygen atoms in total. The Bertz CT molecular complexity index is 1230. The molecule has 0 saturated carbocycles. The number of benzene rings is 3. The smallest absolute Gasteiger partial charge is 0.253 e. The number of amides is 2. The number of aryl methyl sites for hydroxylation is 1. The standard InChI is InChI=1S/C29H30ClN3O2S/c1-21-7-12-25(30)19-26(21)31-15-17-32(18-16-31)28(35)23-8-10-24(11-9-23)29-33(27(34)20-36-29)14-13-22-5-3-2-4-6-22/h2-12,19,29H,13-18,20H2,1H3/t29-/m1/s1. The van der Waals surface area contributed by atoms with Crippen LogP contribution in [-0.4, -0.2) is 60.1 Å². The summed E-state index contributed by atoms with van der Waals surface area (Å²) < 4.78 is 0. The van der Waals surface area contributed by atoms with Crippen LogP contribution in [0.4, 0.5) is 5.69 Å². The first kappa shape index (κ1) is 24.7. The van der Waals surface area contributed by atoms with E-state index in [1.165, 1.54) is 11.1 Å². The van der Waals surface area contributed by atoms with Crippen LogP contribution in [0.5, 0.6) is 0 Å². The maximum atomic E-state index is 13.2. The maximum absolute atomic E-state index is 13.2. The van der Waals surface area contributed by atoms with Gasteiger partial charge in [-0.1, -0.05) is 60.1 Å². The predicted octanol–water partition coefficient (Wildman–Crippen LogP) is 5.43. The molecule has 3 aromatic carbocycles. The molecule has 7 heteroatoms. The minimum absolute atomic E-state index is 0.00477. The van der Waals surface area contributed by atoms with Crippen molar-refractivity contribution < 1.29 is 9.59 Å². The molecule has 1 atom stereocenters.